The van der Waals surface area contributed by atoms with E-state index < -0.39 is 5.82 Å². The van der Waals surface area contributed by atoms with Crippen molar-refractivity contribution in [2.45, 2.75) is 18.4 Å². The second-order valence-electron chi connectivity index (χ2n) is 5.33. The summed E-state index contributed by atoms with van der Waals surface area (Å²) in [5.41, 5.74) is 4.55. The molecular formula is C16H15BrClFN2. The fraction of sp³-hybridized carbons (Fsp3) is 0.250. The number of halogens is 3. The van der Waals surface area contributed by atoms with Gasteiger partial charge >= 0.3 is 0 Å². The summed E-state index contributed by atoms with van der Waals surface area (Å²) in [5.74, 6) is 5.95. The molecule has 0 bridgehead atoms. The van der Waals surface area contributed by atoms with Gasteiger partial charge in [-0.25, -0.2) is 4.39 Å². The van der Waals surface area contributed by atoms with Crippen molar-refractivity contribution in [2.75, 3.05) is 0 Å². The number of hydrazine groups is 1. The Morgan fingerprint density at radius 3 is 2.62 bits per heavy atom. The monoisotopic (exact) mass is 368 g/mol. The summed E-state index contributed by atoms with van der Waals surface area (Å²) < 4.78 is 14.9. The molecule has 3 rings (SSSR count). The van der Waals surface area contributed by atoms with Gasteiger partial charge in [-0.3, -0.25) is 11.3 Å². The summed E-state index contributed by atoms with van der Waals surface area (Å²) in [6.07, 6.45) is 0.992. The lowest BCUT2D eigenvalue weighted by Crippen LogP contribution is -2.30. The number of hydrogen-bond acceptors (Lipinski definition) is 2. The normalized spacial score (nSPS) is 22.1. The lowest BCUT2D eigenvalue weighted by atomic mass is 9.99. The van der Waals surface area contributed by atoms with E-state index in [0.717, 1.165) is 6.42 Å². The Morgan fingerprint density at radius 2 is 1.95 bits per heavy atom. The molecule has 1 aliphatic carbocycles. The van der Waals surface area contributed by atoms with E-state index in [-0.39, 0.29) is 17.0 Å². The van der Waals surface area contributed by atoms with Gasteiger partial charge < -0.3 is 0 Å². The molecule has 5 heteroatoms. The van der Waals surface area contributed by atoms with Crippen molar-refractivity contribution in [1.29, 1.82) is 0 Å². The summed E-state index contributed by atoms with van der Waals surface area (Å²) in [7, 11) is 0. The van der Waals surface area contributed by atoms with Crippen LogP contribution in [-0.4, -0.2) is 0 Å². The van der Waals surface area contributed by atoms with Crippen LogP contribution in [-0.2, 0) is 0 Å². The number of nitrogens with one attached hydrogen (secondary N) is 1. The van der Waals surface area contributed by atoms with Crippen molar-refractivity contribution in [3.8, 4) is 0 Å². The van der Waals surface area contributed by atoms with Crippen LogP contribution in [0.5, 0.6) is 0 Å². The fourth-order valence-electron chi connectivity index (χ4n) is 2.89. The van der Waals surface area contributed by atoms with Gasteiger partial charge in [0.25, 0.3) is 0 Å². The lowest BCUT2D eigenvalue weighted by molar-refractivity contribution is 0.461. The van der Waals surface area contributed by atoms with Gasteiger partial charge in [-0.15, -0.1) is 0 Å². The molecule has 0 aliphatic heterocycles. The van der Waals surface area contributed by atoms with Crippen molar-refractivity contribution >= 4 is 27.5 Å². The maximum atomic E-state index is 14.4. The zero-order valence-corrected chi connectivity index (χ0v) is 13.5. The summed E-state index contributed by atoms with van der Waals surface area (Å²) >= 11 is 9.20. The van der Waals surface area contributed by atoms with E-state index in [4.69, 9.17) is 17.4 Å². The Hall–Kier alpha value is -0.940. The highest BCUT2D eigenvalue weighted by Gasteiger charge is 2.45. The highest BCUT2D eigenvalue weighted by Crippen LogP contribution is 2.54. The van der Waals surface area contributed by atoms with Gasteiger partial charge in [0.2, 0.25) is 0 Å². The molecule has 0 saturated heterocycles. The standard InChI is InChI=1S/C16H15BrClFN2/c17-13-7-6-10(15(19)14(13)18)16(21-20)12-8-11(12)9-4-2-1-3-5-9/h1-7,11-12,16,21H,8,20H2. The van der Waals surface area contributed by atoms with Crippen LogP contribution in [0.25, 0.3) is 0 Å². The molecule has 0 spiro atoms. The summed E-state index contributed by atoms with van der Waals surface area (Å²) in [6, 6.07) is 13.5. The minimum atomic E-state index is -0.410. The molecule has 0 radical (unpaired) electrons. The molecule has 3 N–H and O–H groups in total. The molecule has 0 amide bonds. The molecule has 110 valence electrons. The number of rotatable bonds is 4. The number of hydrogen-bond donors (Lipinski definition) is 2. The van der Waals surface area contributed by atoms with Crippen molar-refractivity contribution in [3.63, 3.8) is 0 Å². The van der Waals surface area contributed by atoms with E-state index in [1.807, 2.05) is 18.2 Å². The Bertz CT molecular complexity index is 650. The predicted octanol–water partition coefficient (Wildman–Crippen LogP) is 4.55. The second kappa shape index (κ2) is 6.05. The number of nitrogens with two attached hydrogens (primary N) is 1. The Morgan fingerprint density at radius 1 is 1.24 bits per heavy atom. The first-order valence-electron chi connectivity index (χ1n) is 6.78. The average molecular weight is 370 g/mol. The molecule has 2 aromatic rings. The Balaban J connectivity index is 1.86. The van der Waals surface area contributed by atoms with E-state index >= 15 is 0 Å². The number of benzene rings is 2. The van der Waals surface area contributed by atoms with Crippen molar-refractivity contribution < 1.29 is 4.39 Å². The minimum Gasteiger partial charge on any atom is -0.271 e. The third-order valence-electron chi connectivity index (χ3n) is 4.08. The van der Waals surface area contributed by atoms with Gasteiger partial charge in [-0.05, 0) is 45.8 Å². The van der Waals surface area contributed by atoms with Crippen LogP contribution in [0.4, 0.5) is 4.39 Å². The predicted molar refractivity (Wildman–Crippen MR) is 86.5 cm³/mol. The smallest absolute Gasteiger partial charge is 0.147 e. The summed E-state index contributed by atoms with van der Waals surface area (Å²) in [6.45, 7) is 0. The SMILES string of the molecule is NNC(c1ccc(Br)c(Cl)c1F)C1CC1c1ccccc1. The van der Waals surface area contributed by atoms with Crippen LogP contribution < -0.4 is 11.3 Å². The van der Waals surface area contributed by atoms with Gasteiger partial charge in [-0.1, -0.05) is 48.0 Å². The largest absolute Gasteiger partial charge is 0.271 e. The van der Waals surface area contributed by atoms with Crippen molar-refractivity contribution in [1.82, 2.24) is 5.43 Å². The third-order valence-corrected chi connectivity index (χ3v) is 5.33. The third kappa shape index (κ3) is 2.86. The molecule has 1 saturated carbocycles. The summed E-state index contributed by atoms with van der Waals surface area (Å²) in [4.78, 5) is 0. The highest BCUT2D eigenvalue weighted by atomic mass is 79.9. The van der Waals surface area contributed by atoms with Gasteiger partial charge in [0, 0.05) is 10.0 Å². The molecule has 1 fully saturated rings. The zero-order chi connectivity index (χ0) is 15.0. The van der Waals surface area contributed by atoms with Crippen molar-refractivity contribution in [2.24, 2.45) is 11.8 Å². The minimum absolute atomic E-state index is 0.102. The molecule has 2 aromatic carbocycles. The van der Waals surface area contributed by atoms with Crippen LogP contribution in [0.1, 0.15) is 29.5 Å². The zero-order valence-electron chi connectivity index (χ0n) is 11.2. The molecule has 3 unspecified atom stereocenters. The van der Waals surface area contributed by atoms with E-state index in [0.29, 0.717) is 16.0 Å². The quantitative estimate of drug-likeness (QED) is 0.471. The molecule has 3 atom stereocenters. The van der Waals surface area contributed by atoms with Gasteiger partial charge in [-0.2, -0.15) is 0 Å². The molecule has 0 aromatic heterocycles. The Labute approximate surface area is 136 Å². The van der Waals surface area contributed by atoms with E-state index in [2.05, 4.69) is 33.5 Å². The van der Waals surface area contributed by atoms with Crippen LogP contribution in [0, 0.1) is 11.7 Å². The highest BCUT2D eigenvalue weighted by molar-refractivity contribution is 9.10. The molecule has 1 aliphatic rings. The van der Waals surface area contributed by atoms with E-state index in [1.165, 1.54) is 5.56 Å². The maximum Gasteiger partial charge on any atom is 0.147 e. The van der Waals surface area contributed by atoms with Crippen LogP contribution in [0.2, 0.25) is 5.02 Å². The van der Waals surface area contributed by atoms with Crippen LogP contribution in [0.3, 0.4) is 0 Å². The molecular weight excluding hydrogens is 355 g/mol. The molecule has 0 heterocycles. The van der Waals surface area contributed by atoms with Crippen molar-refractivity contribution in [3.05, 3.63) is 68.9 Å². The summed E-state index contributed by atoms with van der Waals surface area (Å²) in [5, 5.41) is 0.102. The molecule has 21 heavy (non-hydrogen) atoms. The Kier molecular flexibility index (Phi) is 4.31. The lowest BCUT2D eigenvalue weighted by Gasteiger charge is -2.18. The average Bonchev–Trinajstić information content (AvgIpc) is 3.29. The molecule has 2 nitrogen and oxygen atoms in total. The fourth-order valence-corrected chi connectivity index (χ4v) is 3.37. The first-order chi connectivity index (χ1) is 10.1. The first kappa shape index (κ1) is 15.0. The topological polar surface area (TPSA) is 38.0 Å². The van der Waals surface area contributed by atoms with Gasteiger partial charge in [0.15, 0.2) is 0 Å². The maximum absolute atomic E-state index is 14.4. The van der Waals surface area contributed by atoms with E-state index in [9.17, 15) is 4.39 Å². The first-order valence-corrected chi connectivity index (χ1v) is 7.95. The van der Waals surface area contributed by atoms with Crippen LogP contribution >= 0.6 is 27.5 Å². The van der Waals surface area contributed by atoms with Gasteiger partial charge in [0.1, 0.15) is 5.82 Å². The van der Waals surface area contributed by atoms with E-state index in [1.54, 1.807) is 12.1 Å². The second-order valence-corrected chi connectivity index (χ2v) is 6.56. The van der Waals surface area contributed by atoms with Crippen LogP contribution in [0.15, 0.2) is 46.9 Å². The van der Waals surface area contributed by atoms with Gasteiger partial charge in [0.05, 0.1) is 11.1 Å².